The van der Waals surface area contributed by atoms with Crippen LogP contribution in [0.1, 0.15) is 19.3 Å². The first-order valence-corrected chi connectivity index (χ1v) is 5.41. The highest BCUT2D eigenvalue weighted by Gasteiger charge is 2.07. The van der Waals surface area contributed by atoms with Crippen LogP contribution < -0.4 is 5.73 Å². The number of sulfone groups is 1. The SMILES string of the molecule is NCCCCCS(=O)(=O)CF. The van der Waals surface area contributed by atoms with E-state index in [-0.39, 0.29) is 5.75 Å². The second kappa shape index (κ2) is 5.49. The van der Waals surface area contributed by atoms with Gasteiger partial charge < -0.3 is 5.73 Å². The number of rotatable bonds is 6. The van der Waals surface area contributed by atoms with Crippen LogP contribution in [-0.4, -0.2) is 26.7 Å². The van der Waals surface area contributed by atoms with Crippen molar-refractivity contribution in [3.63, 3.8) is 0 Å². The van der Waals surface area contributed by atoms with Gasteiger partial charge in [0.2, 0.25) is 0 Å². The minimum atomic E-state index is -3.41. The zero-order valence-electron chi connectivity index (χ0n) is 6.42. The molecule has 2 N–H and O–H groups in total. The summed E-state index contributed by atoms with van der Waals surface area (Å²) in [6.45, 7) is 0.565. The lowest BCUT2D eigenvalue weighted by atomic mass is 10.2. The average molecular weight is 183 g/mol. The van der Waals surface area contributed by atoms with Gasteiger partial charge in [0.15, 0.2) is 15.8 Å². The van der Waals surface area contributed by atoms with E-state index in [2.05, 4.69) is 0 Å². The van der Waals surface area contributed by atoms with Gasteiger partial charge in [-0.1, -0.05) is 6.42 Å². The molecular weight excluding hydrogens is 169 g/mol. The van der Waals surface area contributed by atoms with Gasteiger partial charge in [-0.2, -0.15) is 0 Å². The fourth-order valence-corrected chi connectivity index (χ4v) is 1.45. The summed E-state index contributed by atoms with van der Waals surface area (Å²) in [6.07, 6.45) is 2.08. The monoisotopic (exact) mass is 183 g/mol. The van der Waals surface area contributed by atoms with Crippen molar-refractivity contribution < 1.29 is 12.8 Å². The molecule has 0 aliphatic carbocycles. The molecule has 68 valence electrons. The third-order valence-corrected chi connectivity index (χ3v) is 2.57. The summed E-state index contributed by atoms with van der Waals surface area (Å²) in [4.78, 5) is 0. The molecule has 0 rings (SSSR count). The molecule has 3 nitrogen and oxygen atoms in total. The van der Waals surface area contributed by atoms with E-state index >= 15 is 0 Å². The Bertz CT molecular complexity index is 179. The first-order valence-electron chi connectivity index (χ1n) is 3.59. The summed E-state index contributed by atoms with van der Waals surface area (Å²) in [5.74, 6) is -0.0521. The molecule has 0 heterocycles. The van der Waals surface area contributed by atoms with Crippen molar-refractivity contribution in [2.75, 3.05) is 18.3 Å². The van der Waals surface area contributed by atoms with Gasteiger partial charge in [-0.3, -0.25) is 0 Å². The highest BCUT2D eigenvalue weighted by Crippen LogP contribution is 1.99. The Morgan fingerprint density at radius 2 is 1.82 bits per heavy atom. The Morgan fingerprint density at radius 3 is 2.27 bits per heavy atom. The Hall–Kier alpha value is -0.160. The van der Waals surface area contributed by atoms with Crippen LogP contribution in [0.3, 0.4) is 0 Å². The first kappa shape index (κ1) is 10.8. The van der Waals surface area contributed by atoms with Crippen LogP contribution in [0.5, 0.6) is 0 Å². The number of nitrogens with two attached hydrogens (primary N) is 1. The largest absolute Gasteiger partial charge is 0.330 e. The van der Waals surface area contributed by atoms with Crippen molar-refractivity contribution in [1.82, 2.24) is 0 Å². The molecule has 0 amide bonds. The summed E-state index contributed by atoms with van der Waals surface area (Å²) >= 11 is 0. The van der Waals surface area contributed by atoms with Crippen molar-refractivity contribution in [3.8, 4) is 0 Å². The number of hydrogen-bond donors (Lipinski definition) is 1. The third-order valence-electron chi connectivity index (χ3n) is 1.33. The van der Waals surface area contributed by atoms with Crippen LogP contribution in [0.15, 0.2) is 0 Å². The molecule has 5 heteroatoms. The highest BCUT2D eigenvalue weighted by molar-refractivity contribution is 7.91. The zero-order chi connectivity index (χ0) is 8.74. The number of halogens is 1. The van der Waals surface area contributed by atoms with Crippen LogP contribution >= 0.6 is 0 Å². The molecule has 0 aliphatic rings. The van der Waals surface area contributed by atoms with Crippen molar-refractivity contribution in [2.45, 2.75) is 19.3 Å². The molecule has 0 aromatic rings. The van der Waals surface area contributed by atoms with Crippen molar-refractivity contribution in [2.24, 2.45) is 5.73 Å². The van der Waals surface area contributed by atoms with Crippen LogP contribution in [0.2, 0.25) is 0 Å². The maximum atomic E-state index is 11.7. The predicted octanol–water partition coefficient (Wildman–Crippen LogP) is 0.457. The summed E-state index contributed by atoms with van der Waals surface area (Å²) in [5, 5.41) is 0. The molecule has 0 fully saturated rings. The lowest BCUT2D eigenvalue weighted by Crippen LogP contribution is -2.08. The molecule has 11 heavy (non-hydrogen) atoms. The van der Waals surface area contributed by atoms with Crippen LogP contribution in [0.4, 0.5) is 4.39 Å². The molecule has 0 bridgehead atoms. The highest BCUT2D eigenvalue weighted by atomic mass is 32.2. The fraction of sp³-hybridized carbons (Fsp3) is 1.00. The van der Waals surface area contributed by atoms with Crippen molar-refractivity contribution in [1.29, 1.82) is 0 Å². The van der Waals surface area contributed by atoms with E-state index in [4.69, 9.17) is 5.73 Å². The fourth-order valence-electron chi connectivity index (χ4n) is 0.698. The van der Waals surface area contributed by atoms with Gasteiger partial charge in [0, 0.05) is 0 Å². The minimum absolute atomic E-state index is 0.0521. The van der Waals surface area contributed by atoms with E-state index in [1.54, 1.807) is 0 Å². The van der Waals surface area contributed by atoms with Gasteiger partial charge in [0.25, 0.3) is 0 Å². The van der Waals surface area contributed by atoms with Crippen molar-refractivity contribution >= 4 is 9.84 Å². The maximum absolute atomic E-state index is 11.7. The van der Waals surface area contributed by atoms with E-state index in [1.165, 1.54) is 0 Å². The Morgan fingerprint density at radius 1 is 1.18 bits per heavy atom. The van der Waals surface area contributed by atoms with Gasteiger partial charge >= 0.3 is 0 Å². The topological polar surface area (TPSA) is 60.2 Å². The van der Waals surface area contributed by atoms with Gasteiger partial charge in [-0.15, -0.1) is 0 Å². The Balaban J connectivity index is 3.39. The number of alkyl halides is 1. The standard InChI is InChI=1S/C6H14FNO2S/c7-6-11(9,10)5-3-1-2-4-8/h1-6,8H2. The number of hydrogen-bond acceptors (Lipinski definition) is 3. The summed E-state index contributed by atoms with van der Waals surface area (Å²) in [7, 11) is -3.41. The van der Waals surface area contributed by atoms with E-state index in [0.29, 0.717) is 13.0 Å². The molecule has 0 unspecified atom stereocenters. The predicted molar refractivity (Wildman–Crippen MR) is 42.7 cm³/mol. The normalized spacial score (nSPS) is 11.8. The minimum Gasteiger partial charge on any atom is -0.330 e. The van der Waals surface area contributed by atoms with Crippen molar-refractivity contribution in [3.05, 3.63) is 0 Å². The molecule has 0 aromatic carbocycles. The van der Waals surface area contributed by atoms with E-state index in [9.17, 15) is 12.8 Å². The molecule has 0 atom stereocenters. The second-order valence-electron chi connectivity index (χ2n) is 2.41. The molecule has 0 aromatic heterocycles. The van der Waals surface area contributed by atoms with Crippen LogP contribution in [0.25, 0.3) is 0 Å². The lowest BCUT2D eigenvalue weighted by Gasteiger charge is -1.97. The van der Waals surface area contributed by atoms with Crippen LogP contribution in [0, 0.1) is 0 Å². The summed E-state index contributed by atoms with van der Waals surface area (Å²) in [6, 6.07) is -1.24. The first-order chi connectivity index (χ1) is 5.12. The van der Waals surface area contributed by atoms with Crippen LogP contribution in [-0.2, 0) is 9.84 Å². The van der Waals surface area contributed by atoms with E-state index in [1.807, 2.05) is 0 Å². The molecule has 0 radical (unpaired) electrons. The molecular formula is C6H14FNO2S. The average Bonchev–Trinajstić information content (AvgIpc) is 1.99. The smallest absolute Gasteiger partial charge is 0.190 e. The molecule has 0 saturated heterocycles. The van der Waals surface area contributed by atoms with E-state index in [0.717, 1.165) is 12.8 Å². The maximum Gasteiger partial charge on any atom is 0.190 e. The number of unbranched alkanes of at least 4 members (excludes halogenated alkanes) is 2. The quantitative estimate of drug-likeness (QED) is 0.608. The molecule has 0 saturated carbocycles. The molecule has 0 spiro atoms. The van der Waals surface area contributed by atoms with Gasteiger partial charge in [0.1, 0.15) is 0 Å². The Kier molecular flexibility index (Phi) is 5.41. The molecule has 0 aliphatic heterocycles. The van der Waals surface area contributed by atoms with Gasteiger partial charge in [-0.05, 0) is 19.4 Å². The Labute approximate surface area is 66.7 Å². The summed E-state index contributed by atoms with van der Waals surface area (Å²) < 4.78 is 32.8. The lowest BCUT2D eigenvalue weighted by molar-refractivity contribution is 0.531. The zero-order valence-corrected chi connectivity index (χ0v) is 7.24. The third kappa shape index (κ3) is 6.25. The van der Waals surface area contributed by atoms with Gasteiger partial charge in [-0.25, -0.2) is 12.8 Å². The summed E-state index contributed by atoms with van der Waals surface area (Å²) in [5.41, 5.74) is 5.19. The van der Waals surface area contributed by atoms with Gasteiger partial charge in [0.05, 0.1) is 5.75 Å². The second-order valence-corrected chi connectivity index (χ2v) is 4.52. The van der Waals surface area contributed by atoms with E-state index < -0.39 is 15.8 Å².